The highest BCUT2D eigenvalue weighted by molar-refractivity contribution is 5.81. The molecule has 9 N–H and O–H groups in total. The third-order valence-electron chi connectivity index (χ3n) is 13.8. The standard InChI is InChI=1S/C50H88N2O13/c1-30(2)15-12-16-31(3)17-13-18-32(4)19-14-22-50(9)23-21-37-35(7)46(33(5)34(6)47(37)65-50)62-26-25-51-38(36(8)55)20-10-11-24-52-48(61)39(56)27-41(40(57)28-53)63-49-45(60)44(59)43(58)42(29-54)64-49/h30-32,38-45,49,51,53-54,56-60H,10-29H2,1-9H3,(H,52,61)/t31-,32-,38?,39?,40?,41?,42?,43+,44+,45?,49-,50-/m1/s1. The molecule has 1 amide bonds. The van der Waals surface area contributed by atoms with Gasteiger partial charge in [0.1, 0.15) is 66.1 Å². The summed E-state index contributed by atoms with van der Waals surface area (Å²) in [4.78, 5) is 25.2. The number of carbonyl (C=O) groups excluding carboxylic acids is 2. The smallest absolute Gasteiger partial charge is 0.248 e. The lowest BCUT2D eigenvalue weighted by molar-refractivity contribution is -0.319. The minimum Gasteiger partial charge on any atom is -0.492 e. The molecule has 1 saturated heterocycles. The highest BCUT2D eigenvalue weighted by atomic mass is 16.7. The molecule has 2 aliphatic heterocycles. The van der Waals surface area contributed by atoms with Crippen LogP contribution in [0.1, 0.15) is 154 Å². The average molecular weight is 925 g/mol. The normalized spacial score (nSPS) is 25.0. The van der Waals surface area contributed by atoms with Crippen LogP contribution in [0.3, 0.4) is 0 Å². The van der Waals surface area contributed by atoms with Crippen LogP contribution in [0.5, 0.6) is 11.5 Å². The molecule has 15 nitrogen and oxygen atoms in total. The van der Waals surface area contributed by atoms with Crippen LogP contribution in [-0.4, -0.2) is 141 Å². The Morgan fingerprint density at radius 3 is 2.08 bits per heavy atom. The summed E-state index contributed by atoms with van der Waals surface area (Å²) in [6, 6.07) is -0.408. The number of ketones is 1. The second-order valence-electron chi connectivity index (χ2n) is 20.0. The van der Waals surface area contributed by atoms with Crippen molar-refractivity contribution in [2.24, 2.45) is 17.8 Å². The maximum absolute atomic E-state index is 12.7. The molecule has 0 aromatic heterocycles. The molecule has 1 aromatic carbocycles. The zero-order chi connectivity index (χ0) is 48.4. The predicted molar refractivity (Wildman–Crippen MR) is 250 cm³/mol. The van der Waals surface area contributed by atoms with Crippen LogP contribution in [0, 0.1) is 38.5 Å². The third kappa shape index (κ3) is 17.9. The van der Waals surface area contributed by atoms with Gasteiger partial charge in [0.25, 0.3) is 0 Å². The predicted octanol–water partition coefficient (Wildman–Crippen LogP) is 4.64. The van der Waals surface area contributed by atoms with Gasteiger partial charge in [-0.25, -0.2) is 0 Å². The van der Waals surface area contributed by atoms with Crippen LogP contribution in [0.15, 0.2) is 0 Å². The van der Waals surface area contributed by atoms with E-state index in [1.54, 1.807) is 0 Å². The van der Waals surface area contributed by atoms with Crippen LogP contribution < -0.4 is 20.1 Å². The molecule has 1 fully saturated rings. The number of benzene rings is 1. The van der Waals surface area contributed by atoms with Gasteiger partial charge in [0.05, 0.1) is 25.4 Å². The highest BCUT2D eigenvalue weighted by Crippen LogP contribution is 2.45. The van der Waals surface area contributed by atoms with Crippen molar-refractivity contribution in [1.82, 2.24) is 10.6 Å². The van der Waals surface area contributed by atoms with Crippen molar-refractivity contribution in [3.05, 3.63) is 22.3 Å². The first-order valence-electron chi connectivity index (χ1n) is 24.6. The van der Waals surface area contributed by atoms with Gasteiger partial charge in [0, 0.05) is 25.1 Å². The Labute approximate surface area is 389 Å². The van der Waals surface area contributed by atoms with Crippen molar-refractivity contribution in [3.8, 4) is 11.5 Å². The summed E-state index contributed by atoms with van der Waals surface area (Å²) in [6.07, 6.45) is 1.74. The number of fused-ring (bicyclic) bond motifs is 1. The van der Waals surface area contributed by atoms with Crippen molar-refractivity contribution >= 4 is 11.7 Å². The first kappa shape index (κ1) is 56.9. The number of hydrogen-bond acceptors (Lipinski definition) is 14. The topological polar surface area (TPSA) is 237 Å². The zero-order valence-electron chi connectivity index (χ0n) is 41.2. The largest absolute Gasteiger partial charge is 0.492 e. The van der Waals surface area contributed by atoms with Crippen LogP contribution in [-0.2, 0) is 25.5 Å². The SMILES string of the molecule is CC(=O)C(CCCCNC(=O)C(O)CC(O[C@@H]1OC(CO)[C@H](O)[C@H](O)C1O)C(O)CO)NCCOc1c(C)c(C)c2c(c1C)CC[C@@](C)(CCC[C@H](C)CCC[C@H](C)CCCC(C)C)O2. The Bertz CT molecular complexity index is 1580. The van der Waals surface area contributed by atoms with Crippen LogP contribution in [0.25, 0.3) is 0 Å². The number of carbonyl (C=O) groups is 2. The fourth-order valence-electron chi connectivity index (χ4n) is 9.21. The van der Waals surface area contributed by atoms with Crippen molar-refractivity contribution in [1.29, 1.82) is 0 Å². The molecule has 15 heteroatoms. The number of aliphatic hydroxyl groups is 7. The molecule has 12 atom stereocenters. The molecular weight excluding hydrogens is 837 g/mol. The number of rotatable bonds is 31. The lowest BCUT2D eigenvalue weighted by Gasteiger charge is -2.41. The van der Waals surface area contributed by atoms with Crippen molar-refractivity contribution in [2.75, 3.05) is 32.9 Å². The maximum Gasteiger partial charge on any atom is 0.248 e. The van der Waals surface area contributed by atoms with Gasteiger partial charge in [0.15, 0.2) is 6.29 Å². The lowest BCUT2D eigenvalue weighted by atomic mass is 9.83. The third-order valence-corrected chi connectivity index (χ3v) is 13.8. The Morgan fingerprint density at radius 2 is 1.46 bits per heavy atom. The molecule has 0 bridgehead atoms. The fraction of sp³-hybridized carbons (Fsp3) is 0.840. The molecule has 3 rings (SSSR count). The summed E-state index contributed by atoms with van der Waals surface area (Å²) in [6.45, 7) is 19.1. The maximum atomic E-state index is 12.7. The molecule has 376 valence electrons. The minimum absolute atomic E-state index is 0.0125. The summed E-state index contributed by atoms with van der Waals surface area (Å²) < 4.78 is 24.0. The number of aliphatic hydroxyl groups excluding tert-OH is 7. The molecule has 0 radical (unpaired) electrons. The number of ether oxygens (including phenoxy) is 4. The Kier molecular flexibility index (Phi) is 24.6. The van der Waals surface area contributed by atoms with Gasteiger partial charge >= 0.3 is 0 Å². The number of unbranched alkanes of at least 4 members (excludes halogenated alkanes) is 1. The van der Waals surface area contributed by atoms with Crippen molar-refractivity contribution < 1.29 is 64.3 Å². The van der Waals surface area contributed by atoms with Crippen LogP contribution in [0.4, 0.5) is 0 Å². The van der Waals surface area contributed by atoms with Gasteiger partial charge in [-0.05, 0) is 114 Å². The van der Waals surface area contributed by atoms with E-state index in [1.165, 1.54) is 63.9 Å². The number of Topliss-reactive ketones (excluding diaryl/α,β-unsaturated/α-hetero) is 1. The van der Waals surface area contributed by atoms with Crippen LogP contribution in [0.2, 0.25) is 0 Å². The van der Waals surface area contributed by atoms with Crippen molar-refractivity contribution in [2.45, 2.75) is 219 Å². The van der Waals surface area contributed by atoms with E-state index < -0.39 is 80.6 Å². The number of hydrogen-bond donors (Lipinski definition) is 9. The average Bonchev–Trinajstić information content (AvgIpc) is 3.26. The molecular formula is C50H88N2O13. The molecule has 6 unspecified atom stereocenters. The van der Waals surface area contributed by atoms with E-state index in [4.69, 9.17) is 18.9 Å². The molecule has 2 aliphatic rings. The molecule has 2 heterocycles. The molecule has 65 heavy (non-hydrogen) atoms. The second kappa shape index (κ2) is 28.1. The summed E-state index contributed by atoms with van der Waals surface area (Å²) in [5.41, 5.74) is 4.31. The first-order chi connectivity index (χ1) is 30.7. The Morgan fingerprint density at radius 1 is 0.815 bits per heavy atom. The van der Waals surface area contributed by atoms with Gasteiger partial charge in [-0.3, -0.25) is 9.59 Å². The van der Waals surface area contributed by atoms with E-state index in [1.807, 2.05) is 0 Å². The van der Waals surface area contributed by atoms with E-state index in [9.17, 15) is 45.3 Å². The van der Waals surface area contributed by atoms with E-state index in [-0.39, 0.29) is 17.9 Å². The summed E-state index contributed by atoms with van der Waals surface area (Å²) in [7, 11) is 0. The monoisotopic (exact) mass is 925 g/mol. The molecule has 0 saturated carbocycles. The second-order valence-corrected chi connectivity index (χ2v) is 20.0. The van der Waals surface area contributed by atoms with E-state index in [0.29, 0.717) is 32.4 Å². The van der Waals surface area contributed by atoms with E-state index >= 15 is 0 Å². The van der Waals surface area contributed by atoms with Gasteiger partial charge in [0.2, 0.25) is 5.91 Å². The van der Waals surface area contributed by atoms with Gasteiger partial charge in [-0.1, -0.05) is 72.6 Å². The quantitative estimate of drug-likeness (QED) is 0.0462. The lowest BCUT2D eigenvalue weighted by Crippen LogP contribution is -2.60. The first-order valence-corrected chi connectivity index (χ1v) is 24.6. The number of nitrogens with one attached hydrogen (secondary N) is 2. The Balaban J connectivity index is 1.40. The highest BCUT2D eigenvalue weighted by Gasteiger charge is 2.46. The molecule has 0 spiro atoms. The van der Waals surface area contributed by atoms with Crippen molar-refractivity contribution in [3.63, 3.8) is 0 Å². The fourth-order valence-corrected chi connectivity index (χ4v) is 9.21. The van der Waals surface area contributed by atoms with Gasteiger partial charge in [-0.15, -0.1) is 0 Å². The van der Waals surface area contributed by atoms with E-state index in [0.717, 1.165) is 65.2 Å². The van der Waals surface area contributed by atoms with Crippen LogP contribution >= 0.6 is 0 Å². The minimum atomic E-state index is -1.78. The van der Waals surface area contributed by atoms with Gasteiger partial charge in [-0.2, -0.15) is 0 Å². The Hall–Kier alpha value is -2.44. The van der Waals surface area contributed by atoms with Gasteiger partial charge < -0.3 is 65.3 Å². The summed E-state index contributed by atoms with van der Waals surface area (Å²) >= 11 is 0. The number of amides is 1. The van der Waals surface area contributed by atoms with E-state index in [2.05, 4.69) is 66.0 Å². The zero-order valence-corrected chi connectivity index (χ0v) is 41.2. The molecule has 0 aliphatic carbocycles. The molecule has 1 aromatic rings. The summed E-state index contributed by atoms with van der Waals surface area (Å²) in [5.74, 6) is 3.45. The summed E-state index contributed by atoms with van der Waals surface area (Å²) in [5, 5.41) is 76.1.